The van der Waals surface area contributed by atoms with E-state index < -0.39 is 8.60 Å². The molecular weight excluding hydrogens is 207 g/mol. The van der Waals surface area contributed by atoms with Crippen LogP contribution in [-0.2, 0) is 19.1 Å². The minimum atomic E-state index is -1.62. The number of para-hydroxylation sites is 1. The van der Waals surface area contributed by atoms with E-state index in [9.17, 15) is 0 Å². The van der Waals surface area contributed by atoms with Crippen molar-refractivity contribution in [3.05, 3.63) is 30.3 Å². The number of benzene rings is 1. The van der Waals surface area contributed by atoms with Gasteiger partial charge < -0.3 is 4.52 Å². The Morgan fingerprint density at radius 2 is 1.64 bits per heavy atom. The Morgan fingerprint density at radius 3 is 2.29 bits per heavy atom. The molecule has 1 aromatic carbocycles. The molecule has 6 heteroatoms. The van der Waals surface area contributed by atoms with Gasteiger partial charge in [0.15, 0.2) is 0 Å². The lowest BCUT2D eigenvalue weighted by atomic mass is 10.3. The second-order valence-electron chi connectivity index (χ2n) is 2.42. The van der Waals surface area contributed by atoms with Gasteiger partial charge in [0.1, 0.15) is 19.0 Å². The van der Waals surface area contributed by atoms with Gasteiger partial charge in [0.2, 0.25) is 0 Å². The van der Waals surface area contributed by atoms with E-state index in [0.29, 0.717) is 19.0 Å². The van der Waals surface area contributed by atoms with Crippen LogP contribution in [-0.4, -0.2) is 13.2 Å². The molecule has 0 bridgehead atoms. The summed E-state index contributed by atoms with van der Waals surface area (Å²) in [5.74, 6) is 0.646. The average Bonchev–Trinajstić information content (AvgIpc) is 2.48. The molecular formula is C8H9O5P. The highest BCUT2D eigenvalue weighted by molar-refractivity contribution is 7.41. The Hall–Kier alpha value is -0.710. The van der Waals surface area contributed by atoms with Crippen molar-refractivity contribution in [1.29, 1.82) is 0 Å². The third-order valence-electron chi connectivity index (χ3n) is 1.40. The summed E-state index contributed by atoms with van der Waals surface area (Å²) in [5.41, 5.74) is 0. The quantitative estimate of drug-likeness (QED) is 0.560. The molecule has 0 atom stereocenters. The molecule has 0 aliphatic carbocycles. The molecule has 1 saturated heterocycles. The van der Waals surface area contributed by atoms with Crippen molar-refractivity contribution in [3.63, 3.8) is 0 Å². The van der Waals surface area contributed by atoms with Gasteiger partial charge in [0.25, 0.3) is 0 Å². The lowest BCUT2D eigenvalue weighted by Crippen LogP contribution is -1.95. The van der Waals surface area contributed by atoms with Crippen LogP contribution in [0.15, 0.2) is 30.3 Å². The topological polar surface area (TPSA) is 46.2 Å². The summed E-state index contributed by atoms with van der Waals surface area (Å²) in [5, 5.41) is 0. The predicted molar refractivity (Wildman–Crippen MR) is 48.1 cm³/mol. The van der Waals surface area contributed by atoms with Crippen molar-refractivity contribution < 1.29 is 23.6 Å². The fraction of sp³-hybridized carbons (Fsp3) is 0.250. The van der Waals surface area contributed by atoms with E-state index in [4.69, 9.17) is 23.6 Å². The van der Waals surface area contributed by atoms with Crippen LogP contribution in [0.25, 0.3) is 0 Å². The Balaban J connectivity index is 1.90. The molecule has 5 nitrogen and oxygen atoms in total. The maximum atomic E-state index is 5.31. The van der Waals surface area contributed by atoms with Crippen LogP contribution in [0.2, 0.25) is 0 Å². The average molecular weight is 216 g/mol. The fourth-order valence-corrected chi connectivity index (χ4v) is 1.54. The lowest BCUT2D eigenvalue weighted by Gasteiger charge is -2.10. The normalized spacial score (nSPS) is 18.9. The monoisotopic (exact) mass is 216 g/mol. The van der Waals surface area contributed by atoms with Gasteiger partial charge in [-0.2, -0.15) is 0 Å². The van der Waals surface area contributed by atoms with E-state index in [1.54, 1.807) is 12.1 Å². The summed E-state index contributed by atoms with van der Waals surface area (Å²) >= 11 is 0. The maximum absolute atomic E-state index is 5.31. The molecule has 0 N–H and O–H groups in total. The lowest BCUT2D eigenvalue weighted by molar-refractivity contribution is -0.202. The van der Waals surface area contributed by atoms with Crippen molar-refractivity contribution in [2.75, 3.05) is 13.2 Å². The zero-order valence-corrected chi connectivity index (χ0v) is 8.18. The molecule has 1 aliphatic heterocycles. The van der Waals surface area contributed by atoms with Gasteiger partial charge in [-0.25, -0.2) is 9.78 Å². The van der Waals surface area contributed by atoms with Gasteiger partial charge in [-0.05, 0) is 12.1 Å². The molecule has 0 spiro atoms. The third kappa shape index (κ3) is 2.90. The number of hydrogen-bond donors (Lipinski definition) is 0. The van der Waals surface area contributed by atoms with Crippen LogP contribution in [0.1, 0.15) is 0 Å². The highest BCUT2D eigenvalue weighted by Gasteiger charge is 2.20. The van der Waals surface area contributed by atoms with E-state index >= 15 is 0 Å². The Bertz CT molecular complexity index is 260. The molecule has 1 fully saturated rings. The predicted octanol–water partition coefficient (Wildman–Crippen LogP) is 2.20. The summed E-state index contributed by atoms with van der Waals surface area (Å²) in [6, 6.07) is 9.18. The molecule has 1 heterocycles. The summed E-state index contributed by atoms with van der Waals surface area (Å²) < 4.78 is 14.9. The van der Waals surface area contributed by atoms with Crippen molar-refractivity contribution in [2.45, 2.75) is 0 Å². The van der Waals surface area contributed by atoms with Gasteiger partial charge >= 0.3 is 8.60 Å². The SMILES string of the molecule is c1ccc(OP2OOCCOO2)cc1. The second kappa shape index (κ2) is 5.24. The van der Waals surface area contributed by atoms with Gasteiger partial charge in [-0.1, -0.05) is 18.2 Å². The van der Waals surface area contributed by atoms with Crippen LogP contribution < -0.4 is 4.52 Å². The van der Waals surface area contributed by atoms with Crippen LogP contribution in [0.5, 0.6) is 5.75 Å². The van der Waals surface area contributed by atoms with E-state index in [1.165, 1.54) is 0 Å². The summed E-state index contributed by atoms with van der Waals surface area (Å²) in [6.07, 6.45) is 0. The number of hydrogen-bond acceptors (Lipinski definition) is 5. The molecule has 1 aromatic rings. The van der Waals surface area contributed by atoms with Crippen molar-refractivity contribution >= 4 is 8.60 Å². The Labute approximate surface area is 82.3 Å². The van der Waals surface area contributed by atoms with E-state index in [0.717, 1.165) is 0 Å². The van der Waals surface area contributed by atoms with Crippen molar-refractivity contribution in [2.24, 2.45) is 0 Å². The first kappa shape index (κ1) is 9.83. The van der Waals surface area contributed by atoms with E-state index in [2.05, 4.69) is 0 Å². The van der Waals surface area contributed by atoms with Crippen LogP contribution in [0.4, 0.5) is 0 Å². The zero-order chi connectivity index (χ0) is 9.64. The van der Waals surface area contributed by atoms with Crippen LogP contribution >= 0.6 is 8.60 Å². The maximum Gasteiger partial charge on any atom is 0.456 e. The first-order valence-electron chi connectivity index (χ1n) is 4.07. The molecule has 1 aliphatic rings. The third-order valence-corrected chi connectivity index (χ3v) is 2.21. The molecule has 0 unspecified atom stereocenters. The Morgan fingerprint density at radius 1 is 1.00 bits per heavy atom. The minimum Gasteiger partial charge on any atom is -0.424 e. The summed E-state index contributed by atoms with van der Waals surface area (Å²) in [4.78, 5) is 9.47. The fourth-order valence-electron chi connectivity index (χ4n) is 0.839. The van der Waals surface area contributed by atoms with Crippen LogP contribution in [0, 0.1) is 0 Å². The zero-order valence-electron chi connectivity index (χ0n) is 7.29. The first-order valence-corrected chi connectivity index (χ1v) is 5.17. The summed E-state index contributed by atoms with van der Waals surface area (Å²) in [6.45, 7) is 0.661. The molecule has 76 valence electrons. The molecule has 0 aromatic heterocycles. The van der Waals surface area contributed by atoms with Gasteiger partial charge in [-0.15, -0.1) is 9.35 Å². The number of rotatable bonds is 2. The molecule has 0 saturated carbocycles. The molecule has 2 rings (SSSR count). The largest absolute Gasteiger partial charge is 0.456 e. The first-order chi connectivity index (χ1) is 6.95. The summed E-state index contributed by atoms with van der Waals surface area (Å²) in [7, 11) is -1.62. The standard InChI is InChI=1S/C8H9O5P/c1-2-4-8(5-3-1)11-14-12-9-6-7-10-13-14/h1-5H,6-7H2. The van der Waals surface area contributed by atoms with Crippen LogP contribution in [0.3, 0.4) is 0 Å². The van der Waals surface area contributed by atoms with Gasteiger partial charge in [-0.3, -0.25) is 0 Å². The molecule has 0 radical (unpaired) electrons. The van der Waals surface area contributed by atoms with Gasteiger partial charge in [0.05, 0.1) is 0 Å². The molecule has 14 heavy (non-hydrogen) atoms. The van der Waals surface area contributed by atoms with E-state index in [-0.39, 0.29) is 0 Å². The van der Waals surface area contributed by atoms with Gasteiger partial charge in [0, 0.05) is 0 Å². The highest BCUT2D eigenvalue weighted by Crippen LogP contribution is 2.41. The van der Waals surface area contributed by atoms with Crippen molar-refractivity contribution in [3.8, 4) is 5.75 Å². The second-order valence-corrected chi connectivity index (χ2v) is 3.35. The highest BCUT2D eigenvalue weighted by atomic mass is 31.2. The Kier molecular flexibility index (Phi) is 3.68. The minimum absolute atomic E-state index is 0.330. The molecule has 0 amide bonds. The van der Waals surface area contributed by atoms with E-state index in [1.807, 2.05) is 18.2 Å². The van der Waals surface area contributed by atoms with Crippen molar-refractivity contribution in [1.82, 2.24) is 0 Å². The smallest absolute Gasteiger partial charge is 0.424 e.